The van der Waals surface area contributed by atoms with E-state index in [2.05, 4.69) is 5.32 Å². The molecule has 1 aliphatic rings. The van der Waals surface area contributed by atoms with Crippen LogP contribution in [0.25, 0.3) is 0 Å². The molecule has 118 valence electrons. The molecule has 1 saturated heterocycles. The van der Waals surface area contributed by atoms with Crippen LogP contribution < -0.4 is 5.32 Å². The fourth-order valence-electron chi connectivity index (χ4n) is 2.88. The summed E-state index contributed by atoms with van der Waals surface area (Å²) in [4.78, 5) is 1.59. The van der Waals surface area contributed by atoms with Crippen LogP contribution in [0.15, 0.2) is 30.3 Å². The van der Waals surface area contributed by atoms with Gasteiger partial charge in [-0.3, -0.25) is 4.90 Å². The summed E-state index contributed by atoms with van der Waals surface area (Å²) in [5.41, 5.74) is 0.727. The molecule has 0 radical (unpaired) electrons. The SMILES string of the molecule is CCC1(C)CNC(Cc2ccccc2)CN1CC(F)(F)F. The predicted molar refractivity (Wildman–Crippen MR) is 78.3 cm³/mol. The van der Waals surface area contributed by atoms with E-state index in [1.807, 2.05) is 44.2 Å². The molecule has 1 fully saturated rings. The molecule has 2 rings (SSSR count). The van der Waals surface area contributed by atoms with Crippen LogP contribution in [0.5, 0.6) is 0 Å². The number of hydrogen-bond donors (Lipinski definition) is 1. The monoisotopic (exact) mass is 300 g/mol. The van der Waals surface area contributed by atoms with E-state index in [0.717, 1.165) is 12.0 Å². The predicted octanol–water partition coefficient (Wildman–Crippen LogP) is 3.23. The van der Waals surface area contributed by atoms with E-state index in [1.165, 1.54) is 0 Å². The van der Waals surface area contributed by atoms with Gasteiger partial charge in [-0.1, -0.05) is 37.3 Å². The lowest BCUT2D eigenvalue weighted by molar-refractivity contribution is -0.163. The number of hydrogen-bond acceptors (Lipinski definition) is 2. The summed E-state index contributed by atoms with van der Waals surface area (Å²) in [6.45, 7) is 4.05. The van der Waals surface area contributed by atoms with E-state index in [-0.39, 0.29) is 6.04 Å². The van der Waals surface area contributed by atoms with Crippen molar-refractivity contribution in [2.24, 2.45) is 0 Å². The second-order valence-corrected chi connectivity index (χ2v) is 6.11. The summed E-state index contributed by atoms with van der Waals surface area (Å²) in [5.74, 6) is 0. The van der Waals surface area contributed by atoms with Crippen LogP contribution >= 0.6 is 0 Å². The highest BCUT2D eigenvalue weighted by Gasteiger charge is 2.42. The molecule has 2 atom stereocenters. The maximum absolute atomic E-state index is 12.8. The molecule has 2 nitrogen and oxygen atoms in total. The molecule has 0 bridgehead atoms. The lowest BCUT2D eigenvalue weighted by atomic mass is 9.90. The van der Waals surface area contributed by atoms with Crippen LogP contribution in [0.3, 0.4) is 0 Å². The summed E-state index contributed by atoms with van der Waals surface area (Å²) in [7, 11) is 0. The number of nitrogens with zero attached hydrogens (tertiary/aromatic N) is 1. The fourth-order valence-corrected chi connectivity index (χ4v) is 2.88. The van der Waals surface area contributed by atoms with Crippen LogP contribution in [0.2, 0.25) is 0 Å². The third-order valence-electron chi connectivity index (χ3n) is 4.43. The maximum Gasteiger partial charge on any atom is 0.401 e. The van der Waals surface area contributed by atoms with E-state index >= 15 is 0 Å². The topological polar surface area (TPSA) is 15.3 Å². The minimum absolute atomic E-state index is 0.0642. The van der Waals surface area contributed by atoms with Gasteiger partial charge in [0.2, 0.25) is 0 Å². The Kier molecular flexibility index (Phi) is 4.94. The first-order valence-electron chi connectivity index (χ1n) is 7.41. The third-order valence-corrected chi connectivity index (χ3v) is 4.43. The molecule has 0 saturated carbocycles. The van der Waals surface area contributed by atoms with E-state index in [0.29, 0.717) is 19.5 Å². The molecule has 0 aromatic heterocycles. The third kappa shape index (κ3) is 4.45. The van der Waals surface area contributed by atoms with Crippen molar-refractivity contribution >= 4 is 0 Å². The van der Waals surface area contributed by atoms with Crippen molar-refractivity contribution in [1.82, 2.24) is 10.2 Å². The molecule has 2 unspecified atom stereocenters. The number of piperazine rings is 1. The minimum Gasteiger partial charge on any atom is -0.311 e. The van der Waals surface area contributed by atoms with Crippen molar-refractivity contribution < 1.29 is 13.2 Å². The number of benzene rings is 1. The van der Waals surface area contributed by atoms with Gasteiger partial charge in [0.1, 0.15) is 0 Å². The van der Waals surface area contributed by atoms with Gasteiger partial charge in [0, 0.05) is 24.7 Å². The van der Waals surface area contributed by atoms with Crippen molar-refractivity contribution in [2.45, 2.75) is 44.4 Å². The first-order valence-corrected chi connectivity index (χ1v) is 7.41. The Morgan fingerprint density at radius 1 is 1.29 bits per heavy atom. The molecule has 0 amide bonds. The Balaban J connectivity index is 2.05. The summed E-state index contributed by atoms with van der Waals surface area (Å²) in [5, 5.41) is 3.42. The van der Waals surface area contributed by atoms with Gasteiger partial charge in [0.05, 0.1) is 6.54 Å². The number of halogens is 3. The Morgan fingerprint density at radius 2 is 1.95 bits per heavy atom. The van der Waals surface area contributed by atoms with Crippen molar-refractivity contribution in [3.63, 3.8) is 0 Å². The van der Waals surface area contributed by atoms with Crippen LogP contribution in [0, 0.1) is 0 Å². The molecule has 0 aliphatic carbocycles. The first-order chi connectivity index (χ1) is 9.82. The highest BCUT2D eigenvalue weighted by molar-refractivity contribution is 5.16. The van der Waals surface area contributed by atoms with Crippen LogP contribution in [-0.2, 0) is 6.42 Å². The van der Waals surface area contributed by atoms with Gasteiger partial charge in [0.15, 0.2) is 0 Å². The van der Waals surface area contributed by atoms with Gasteiger partial charge in [0.25, 0.3) is 0 Å². The lowest BCUT2D eigenvalue weighted by Crippen LogP contribution is -2.65. The standard InChI is InChI=1S/C16H23F3N2/c1-3-15(2)11-20-14(9-13-7-5-4-6-8-13)10-21(15)12-16(17,18)19/h4-8,14,20H,3,9-12H2,1-2H3. The second-order valence-electron chi connectivity index (χ2n) is 6.11. The smallest absolute Gasteiger partial charge is 0.311 e. The van der Waals surface area contributed by atoms with Crippen molar-refractivity contribution in [2.75, 3.05) is 19.6 Å². The van der Waals surface area contributed by atoms with Crippen LogP contribution in [0.1, 0.15) is 25.8 Å². The molecule has 1 aromatic carbocycles. The molecule has 1 N–H and O–H groups in total. The molecule has 21 heavy (non-hydrogen) atoms. The zero-order chi connectivity index (χ0) is 15.5. The van der Waals surface area contributed by atoms with E-state index < -0.39 is 18.3 Å². The molecule has 1 aliphatic heterocycles. The second kappa shape index (κ2) is 6.36. The summed E-state index contributed by atoms with van der Waals surface area (Å²) in [6.07, 6.45) is -2.69. The minimum atomic E-state index is -4.15. The van der Waals surface area contributed by atoms with E-state index in [4.69, 9.17) is 0 Å². The average Bonchev–Trinajstić information content (AvgIpc) is 2.42. The van der Waals surface area contributed by atoms with E-state index in [9.17, 15) is 13.2 Å². The van der Waals surface area contributed by atoms with Crippen LogP contribution in [0.4, 0.5) is 13.2 Å². The average molecular weight is 300 g/mol. The Bertz CT molecular complexity index is 447. The molecule has 5 heteroatoms. The normalized spacial score (nSPS) is 27.8. The van der Waals surface area contributed by atoms with Crippen LogP contribution in [-0.4, -0.2) is 42.3 Å². The molecular weight excluding hydrogens is 277 g/mol. The fraction of sp³-hybridized carbons (Fsp3) is 0.625. The van der Waals surface area contributed by atoms with Gasteiger partial charge in [-0.2, -0.15) is 13.2 Å². The van der Waals surface area contributed by atoms with Crippen molar-refractivity contribution in [3.05, 3.63) is 35.9 Å². The Labute approximate surface area is 124 Å². The summed E-state index contributed by atoms with van der Waals surface area (Å²) < 4.78 is 38.4. The highest BCUT2D eigenvalue weighted by Crippen LogP contribution is 2.28. The van der Waals surface area contributed by atoms with Gasteiger partial charge >= 0.3 is 6.18 Å². The van der Waals surface area contributed by atoms with Gasteiger partial charge < -0.3 is 5.32 Å². The number of nitrogens with one attached hydrogen (secondary N) is 1. The van der Waals surface area contributed by atoms with E-state index in [1.54, 1.807) is 4.90 Å². The summed E-state index contributed by atoms with van der Waals surface area (Å²) in [6, 6.07) is 9.97. The van der Waals surface area contributed by atoms with Crippen molar-refractivity contribution in [1.29, 1.82) is 0 Å². The highest BCUT2D eigenvalue weighted by atomic mass is 19.4. The molecular formula is C16H23F3N2. The Morgan fingerprint density at radius 3 is 2.52 bits per heavy atom. The van der Waals surface area contributed by atoms with Crippen molar-refractivity contribution in [3.8, 4) is 0 Å². The van der Waals surface area contributed by atoms with Gasteiger partial charge in [-0.15, -0.1) is 0 Å². The van der Waals surface area contributed by atoms with Gasteiger partial charge in [-0.25, -0.2) is 0 Å². The zero-order valence-electron chi connectivity index (χ0n) is 12.6. The van der Waals surface area contributed by atoms with Gasteiger partial charge in [-0.05, 0) is 25.3 Å². The largest absolute Gasteiger partial charge is 0.401 e. The number of rotatable bonds is 4. The quantitative estimate of drug-likeness (QED) is 0.918. The first kappa shape index (κ1) is 16.3. The number of alkyl halides is 3. The lowest BCUT2D eigenvalue weighted by Gasteiger charge is -2.48. The maximum atomic E-state index is 12.8. The summed E-state index contributed by atoms with van der Waals surface area (Å²) >= 11 is 0. The molecule has 0 spiro atoms. The Hall–Kier alpha value is -1.07. The molecule has 1 heterocycles. The molecule has 1 aromatic rings. The zero-order valence-corrected chi connectivity index (χ0v) is 12.6.